The highest BCUT2D eigenvalue weighted by Crippen LogP contribution is 2.23. The summed E-state index contributed by atoms with van der Waals surface area (Å²) >= 11 is 3.41. The summed E-state index contributed by atoms with van der Waals surface area (Å²) in [6.07, 6.45) is -0.300. The van der Waals surface area contributed by atoms with Gasteiger partial charge >= 0.3 is 6.09 Å². The van der Waals surface area contributed by atoms with Gasteiger partial charge in [0.2, 0.25) is 0 Å². The zero-order chi connectivity index (χ0) is 18.4. The van der Waals surface area contributed by atoms with Crippen molar-refractivity contribution in [3.8, 4) is 6.07 Å². The fourth-order valence-corrected chi connectivity index (χ4v) is 3.25. The van der Waals surface area contributed by atoms with Gasteiger partial charge in [-0.3, -0.25) is 4.90 Å². The molecule has 6 heteroatoms. The highest BCUT2D eigenvalue weighted by atomic mass is 79.9. The predicted octanol–water partition coefficient (Wildman–Crippen LogP) is 3.97. The molecule has 0 aromatic heterocycles. The highest BCUT2D eigenvalue weighted by molar-refractivity contribution is 9.10. The molecule has 0 radical (unpaired) electrons. The fraction of sp³-hybridized carbons (Fsp3) is 0.300. The van der Waals surface area contributed by atoms with Crippen LogP contribution in [0.15, 0.2) is 59.1 Å². The van der Waals surface area contributed by atoms with E-state index in [1.807, 2.05) is 54.6 Å². The molecule has 1 amide bonds. The van der Waals surface area contributed by atoms with Crippen LogP contribution in [0.25, 0.3) is 0 Å². The first-order valence-electron chi connectivity index (χ1n) is 8.52. The summed E-state index contributed by atoms with van der Waals surface area (Å²) in [5.74, 6) is 0. The van der Waals surface area contributed by atoms with Gasteiger partial charge in [-0.1, -0.05) is 58.4 Å². The zero-order valence-electron chi connectivity index (χ0n) is 14.3. The molecule has 1 heterocycles. The minimum atomic E-state index is -0.300. The summed E-state index contributed by atoms with van der Waals surface area (Å²) in [4.78, 5) is 16.0. The number of carbonyl (C=O) groups excluding carboxylic acids is 1. The van der Waals surface area contributed by atoms with Crippen molar-refractivity contribution in [1.29, 1.82) is 5.26 Å². The van der Waals surface area contributed by atoms with Gasteiger partial charge in [-0.2, -0.15) is 5.26 Å². The number of nitriles is 1. The van der Waals surface area contributed by atoms with Gasteiger partial charge in [0.1, 0.15) is 12.6 Å². The lowest BCUT2D eigenvalue weighted by molar-refractivity contribution is 0.0661. The van der Waals surface area contributed by atoms with Gasteiger partial charge in [-0.25, -0.2) is 4.79 Å². The van der Waals surface area contributed by atoms with E-state index in [0.29, 0.717) is 26.2 Å². The molecular formula is C20H20BrN3O2. The topological polar surface area (TPSA) is 56.6 Å². The van der Waals surface area contributed by atoms with Crippen molar-refractivity contribution < 1.29 is 9.53 Å². The van der Waals surface area contributed by atoms with E-state index in [-0.39, 0.29) is 18.7 Å². The van der Waals surface area contributed by atoms with Crippen molar-refractivity contribution in [2.45, 2.75) is 12.6 Å². The number of ether oxygens (including phenoxy) is 1. The predicted molar refractivity (Wildman–Crippen MR) is 102 cm³/mol. The maximum atomic E-state index is 12.2. The molecule has 0 saturated carbocycles. The Bertz CT molecular complexity index is 766. The standard InChI is InChI=1S/C20H20BrN3O2/c21-18-8-6-17(7-9-18)19(14-22)23-10-12-24(13-11-23)20(25)26-15-16-4-2-1-3-5-16/h1-9,19H,10-13,15H2. The van der Waals surface area contributed by atoms with Crippen LogP contribution in [0.2, 0.25) is 0 Å². The summed E-state index contributed by atoms with van der Waals surface area (Å²) in [7, 11) is 0. The third-order valence-corrected chi connectivity index (χ3v) is 4.98. The van der Waals surface area contributed by atoms with Crippen LogP contribution in [0.1, 0.15) is 17.2 Å². The van der Waals surface area contributed by atoms with Gasteiger partial charge < -0.3 is 9.64 Å². The molecule has 0 bridgehead atoms. The number of hydrogen-bond donors (Lipinski definition) is 0. The summed E-state index contributed by atoms with van der Waals surface area (Å²) in [5.41, 5.74) is 1.94. The number of halogens is 1. The Labute approximate surface area is 161 Å². The Morgan fingerprint density at radius 2 is 1.73 bits per heavy atom. The molecule has 2 aromatic rings. The molecule has 1 aliphatic rings. The minimum Gasteiger partial charge on any atom is -0.445 e. The van der Waals surface area contributed by atoms with Gasteiger partial charge in [-0.05, 0) is 23.3 Å². The summed E-state index contributed by atoms with van der Waals surface area (Å²) < 4.78 is 6.38. The van der Waals surface area contributed by atoms with Gasteiger partial charge in [0.25, 0.3) is 0 Å². The van der Waals surface area contributed by atoms with Gasteiger partial charge in [0.05, 0.1) is 6.07 Å². The lowest BCUT2D eigenvalue weighted by Crippen LogP contribution is -2.49. The molecule has 2 aromatic carbocycles. The third-order valence-electron chi connectivity index (χ3n) is 4.45. The van der Waals surface area contributed by atoms with Crippen LogP contribution < -0.4 is 0 Å². The first kappa shape index (κ1) is 18.4. The van der Waals surface area contributed by atoms with Crippen molar-refractivity contribution in [3.05, 3.63) is 70.2 Å². The van der Waals surface area contributed by atoms with Crippen molar-refractivity contribution in [2.24, 2.45) is 0 Å². The molecular weight excluding hydrogens is 394 g/mol. The molecule has 0 N–H and O–H groups in total. The highest BCUT2D eigenvalue weighted by Gasteiger charge is 2.27. The third kappa shape index (κ3) is 4.63. The average Bonchev–Trinajstić information content (AvgIpc) is 2.69. The molecule has 1 aliphatic heterocycles. The van der Waals surface area contributed by atoms with E-state index in [0.717, 1.165) is 15.6 Å². The van der Waals surface area contributed by atoms with Gasteiger partial charge in [0.15, 0.2) is 0 Å². The maximum absolute atomic E-state index is 12.2. The summed E-state index contributed by atoms with van der Waals surface area (Å²) in [5, 5.41) is 9.58. The number of piperazine rings is 1. The molecule has 26 heavy (non-hydrogen) atoms. The quantitative estimate of drug-likeness (QED) is 0.760. The largest absolute Gasteiger partial charge is 0.445 e. The smallest absolute Gasteiger partial charge is 0.410 e. The van der Waals surface area contributed by atoms with E-state index in [4.69, 9.17) is 4.74 Å². The average molecular weight is 414 g/mol. The number of carbonyl (C=O) groups is 1. The van der Waals surface area contributed by atoms with E-state index in [1.165, 1.54) is 0 Å². The Kier molecular flexibility index (Phi) is 6.26. The number of rotatable bonds is 4. The monoisotopic (exact) mass is 413 g/mol. The molecule has 1 fully saturated rings. The number of nitrogens with zero attached hydrogens (tertiary/aromatic N) is 3. The van der Waals surface area contributed by atoms with Crippen LogP contribution in [-0.4, -0.2) is 42.1 Å². The number of amides is 1. The Hall–Kier alpha value is -2.36. The van der Waals surface area contributed by atoms with Crippen LogP contribution in [0.5, 0.6) is 0 Å². The van der Waals surface area contributed by atoms with E-state index in [2.05, 4.69) is 26.9 Å². The van der Waals surface area contributed by atoms with E-state index in [1.54, 1.807) is 4.90 Å². The number of hydrogen-bond acceptors (Lipinski definition) is 4. The van der Waals surface area contributed by atoms with E-state index < -0.39 is 0 Å². The zero-order valence-corrected chi connectivity index (χ0v) is 15.9. The molecule has 1 saturated heterocycles. The van der Waals surface area contributed by atoms with E-state index >= 15 is 0 Å². The van der Waals surface area contributed by atoms with Crippen molar-refractivity contribution in [2.75, 3.05) is 26.2 Å². The second kappa shape index (κ2) is 8.84. The molecule has 134 valence electrons. The SMILES string of the molecule is N#CC(c1ccc(Br)cc1)N1CCN(C(=O)OCc2ccccc2)CC1. The molecule has 1 unspecified atom stereocenters. The van der Waals surface area contributed by atoms with Crippen molar-refractivity contribution in [3.63, 3.8) is 0 Å². The summed E-state index contributed by atoms with van der Waals surface area (Å²) in [6, 6.07) is 19.5. The molecule has 1 atom stereocenters. The maximum Gasteiger partial charge on any atom is 0.410 e. The minimum absolute atomic E-state index is 0.277. The number of benzene rings is 2. The lowest BCUT2D eigenvalue weighted by atomic mass is 10.1. The lowest BCUT2D eigenvalue weighted by Gasteiger charge is -2.36. The van der Waals surface area contributed by atoms with Crippen LogP contribution in [0.3, 0.4) is 0 Å². The molecule has 5 nitrogen and oxygen atoms in total. The van der Waals surface area contributed by atoms with Crippen LogP contribution >= 0.6 is 15.9 Å². The second-order valence-corrected chi connectivity index (χ2v) is 7.06. The first-order chi connectivity index (χ1) is 12.7. The van der Waals surface area contributed by atoms with Crippen LogP contribution in [-0.2, 0) is 11.3 Å². The molecule has 3 rings (SSSR count). The van der Waals surface area contributed by atoms with Crippen molar-refractivity contribution in [1.82, 2.24) is 9.80 Å². The first-order valence-corrected chi connectivity index (χ1v) is 9.31. The van der Waals surface area contributed by atoms with Gasteiger partial charge in [0, 0.05) is 30.7 Å². The summed E-state index contributed by atoms with van der Waals surface area (Å²) in [6.45, 7) is 2.69. The fourth-order valence-electron chi connectivity index (χ4n) is 2.99. The molecule has 0 spiro atoms. The van der Waals surface area contributed by atoms with Crippen molar-refractivity contribution >= 4 is 22.0 Å². The van der Waals surface area contributed by atoms with Gasteiger partial charge in [-0.15, -0.1) is 0 Å². The Morgan fingerprint density at radius 3 is 2.35 bits per heavy atom. The molecule has 0 aliphatic carbocycles. The normalized spacial score (nSPS) is 15.9. The van der Waals surface area contributed by atoms with E-state index in [9.17, 15) is 10.1 Å². The Balaban J connectivity index is 1.52. The Morgan fingerprint density at radius 1 is 1.08 bits per heavy atom. The van der Waals surface area contributed by atoms with Crippen LogP contribution in [0, 0.1) is 11.3 Å². The van der Waals surface area contributed by atoms with Crippen LogP contribution in [0.4, 0.5) is 4.79 Å². The second-order valence-electron chi connectivity index (χ2n) is 6.15.